The molecule has 0 aliphatic rings. The molecule has 0 bridgehead atoms. The molecule has 20 heavy (non-hydrogen) atoms. The zero-order valence-corrected chi connectivity index (χ0v) is 11.5. The van der Waals surface area contributed by atoms with Gasteiger partial charge in [-0.1, -0.05) is 24.3 Å². The molecule has 0 fully saturated rings. The van der Waals surface area contributed by atoms with Crippen molar-refractivity contribution >= 4 is 34.0 Å². The second kappa shape index (κ2) is 4.94. The highest BCUT2D eigenvalue weighted by atomic mass is 32.1. The molecule has 0 amide bonds. The number of thiophene rings is 1. The van der Waals surface area contributed by atoms with Crippen LogP contribution in [-0.4, -0.2) is 23.8 Å². The summed E-state index contributed by atoms with van der Waals surface area (Å²) in [5.41, 5.74) is 1.86. The number of hydrogen-bond donors (Lipinski definition) is 1. The minimum Gasteiger partial charge on any atom is -0.463 e. The molecule has 0 radical (unpaired) electrons. The number of methoxy groups -OCH3 is 1. The maximum absolute atomic E-state index is 12.3. The Kier molecular flexibility index (Phi) is 3.12. The van der Waals surface area contributed by atoms with Crippen LogP contribution < -0.4 is 0 Å². The van der Waals surface area contributed by atoms with Gasteiger partial charge in [-0.15, -0.1) is 11.3 Å². The molecule has 1 N–H and O–H groups in total. The normalized spacial score (nSPS) is 10.7. The number of rotatable bonds is 3. The number of carbonyl (C=O) groups excluding carboxylic acids is 2. The lowest BCUT2D eigenvalue weighted by atomic mass is 10.1. The van der Waals surface area contributed by atoms with Crippen molar-refractivity contribution in [2.24, 2.45) is 0 Å². The van der Waals surface area contributed by atoms with Crippen LogP contribution in [0.15, 0.2) is 41.8 Å². The molecule has 2 aromatic heterocycles. The van der Waals surface area contributed by atoms with Crippen LogP contribution in [0.3, 0.4) is 0 Å². The van der Waals surface area contributed by atoms with Gasteiger partial charge in [0.05, 0.1) is 23.2 Å². The van der Waals surface area contributed by atoms with Gasteiger partial charge in [-0.25, -0.2) is 4.79 Å². The average molecular weight is 285 g/mol. The maximum atomic E-state index is 12.3. The summed E-state index contributed by atoms with van der Waals surface area (Å²) < 4.78 is 4.56. The summed E-state index contributed by atoms with van der Waals surface area (Å²) in [6.07, 6.45) is 0. The Labute approximate surface area is 119 Å². The number of ether oxygens (including phenoxy) is 1. The first kappa shape index (κ1) is 12.6. The fourth-order valence-electron chi connectivity index (χ4n) is 2.18. The lowest BCUT2D eigenvalue weighted by molar-refractivity contribution is -0.135. The van der Waals surface area contributed by atoms with Crippen molar-refractivity contribution in [2.75, 3.05) is 7.11 Å². The zero-order valence-electron chi connectivity index (χ0n) is 10.7. The van der Waals surface area contributed by atoms with Crippen LogP contribution in [0.5, 0.6) is 0 Å². The number of esters is 1. The number of para-hydroxylation sites is 1. The van der Waals surface area contributed by atoms with Crippen LogP contribution in [0.25, 0.3) is 21.5 Å². The molecular formula is C15H11NO3S. The molecule has 0 spiro atoms. The van der Waals surface area contributed by atoms with Crippen molar-refractivity contribution < 1.29 is 14.3 Å². The summed E-state index contributed by atoms with van der Waals surface area (Å²) >= 11 is 1.51. The van der Waals surface area contributed by atoms with Gasteiger partial charge in [-0.3, -0.25) is 4.79 Å². The van der Waals surface area contributed by atoms with Crippen LogP contribution in [0.2, 0.25) is 0 Å². The largest absolute Gasteiger partial charge is 0.463 e. The summed E-state index contributed by atoms with van der Waals surface area (Å²) in [6.45, 7) is 0. The minimum atomic E-state index is -0.854. The molecule has 4 nitrogen and oxygen atoms in total. The number of benzene rings is 1. The average Bonchev–Trinajstić information content (AvgIpc) is 3.12. The van der Waals surface area contributed by atoms with E-state index in [2.05, 4.69) is 9.72 Å². The van der Waals surface area contributed by atoms with Crippen molar-refractivity contribution in [1.29, 1.82) is 0 Å². The predicted molar refractivity (Wildman–Crippen MR) is 78.0 cm³/mol. The Morgan fingerprint density at radius 1 is 1.15 bits per heavy atom. The van der Waals surface area contributed by atoms with E-state index in [1.54, 1.807) is 0 Å². The van der Waals surface area contributed by atoms with Gasteiger partial charge in [0.15, 0.2) is 0 Å². The smallest absolute Gasteiger partial charge is 0.379 e. The molecule has 0 saturated heterocycles. The van der Waals surface area contributed by atoms with E-state index in [0.29, 0.717) is 11.3 Å². The number of fused-ring (bicyclic) bond motifs is 1. The predicted octanol–water partition coefficient (Wildman–Crippen LogP) is 3.25. The third-order valence-corrected chi connectivity index (χ3v) is 3.96. The lowest BCUT2D eigenvalue weighted by Gasteiger charge is -2.01. The third-order valence-electron chi connectivity index (χ3n) is 3.07. The number of H-pyrrole nitrogens is 1. The Morgan fingerprint density at radius 2 is 1.95 bits per heavy atom. The van der Waals surface area contributed by atoms with Gasteiger partial charge in [0.1, 0.15) is 0 Å². The van der Waals surface area contributed by atoms with Gasteiger partial charge in [-0.05, 0) is 17.5 Å². The van der Waals surface area contributed by atoms with Gasteiger partial charge in [0.25, 0.3) is 5.78 Å². The second-order valence-electron chi connectivity index (χ2n) is 4.22. The van der Waals surface area contributed by atoms with E-state index in [9.17, 15) is 9.59 Å². The van der Waals surface area contributed by atoms with Crippen molar-refractivity contribution in [2.45, 2.75) is 0 Å². The summed E-state index contributed by atoms with van der Waals surface area (Å²) in [5.74, 6) is -1.49. The number of Topliss-reactive ketones (excluding diaryl/α,β-unsaturated/α-hetero) is 1. The number of ketones is 1. The number of hydrogen-bond acceptors (Lipinski definition) is 4. The van der Waals surface area contributed by atoms with E-state index in [1.807, 2.05) is 41.8 Å². The van der Waals surface area contributed by atoms with Gasteiger partial charge >= 0.3 is 5.97 Å². The molecule has 0 saturated carbocycles. The standard InChI is InChI=1S/C15H11NO3S/c1-19-15(18)14(17)12-9-5-2-3-6-10(9)16-13(12)11-7-4-8-20-11/h2-8,16H,1H3. The van der Waals surface area contributed by atoms with Crippen molar-refractivity contribution in [3.05, 3.63) is 47.3 Å². The van der Waals surface area contributed by atoms with Crippen molar-refractivity contribution in [1.82, 2.24) is 4.98 Å². The molecule has 0 aliphatic heterocycles. The lowest BCUT2D eigenvalue weighted by Crippen LogP contribution is -2.16. The Balaban J connectivity index is 2.29. The third kappa shape index (κ3) is 1.92. The molecule has 100 valence electrons. The van der Waals surface area contributed by atoms with Crippen molar-refractivity contribution in [3.8, 4) is 10.6 Å². The summed E-state index contributed by atoms with van der Waals surface area (Å²) in [4.78, 5) is 28.0. The molecular weight excluding hydrogens is 274 g/mol. The van der Waals surface area contributed by atoms with E-state index in [-0.39, 0.29) is 0 Å². The fourth-order valence-corrected chi connectivity index (χ4v) is 2.91. The van der Waals surface area contributed by atoms with Gasteiger partial charge in [0.2, 0.25) is 0 Å². The number of carbonyl (C=O) groups is 2. The second-order valence-corrected chi connectivity index (χ2v) is 5.17. The van der Waals surface area contributed by atoms with Crippen LogP contribution in [0, 0.1) is 0 Å². The van der Waals surface area contributed by atoms with E-state index < -0.39 is 11.8 Å². The van der Waals surface area contributed by atoms with Crippen LogP contribution in [0.1, 0.15) is 10.4 Å². The minimum absolute atomic E-state index is 0.370. The summed E-state index contributed by atoms with van der Waals surface area (Å²) in [5, 5.41) is 2.65. The fraction of sp³-hybridized carbons (Fsp3) is 0.0667. The number of nitrogens with one attached hydrogen (secondary N) is 1. The van der Waals surface area contributed by atoms with E-state index in [0.717, 1.165) is 15.8 Å². The molecule has 0 aliphatic carbocycles. The first-order valence-electron chi connectivity index (χ1n) is 5.99. The first-order valence-corrected chi connectivity index (χ1v) is 6.87. The maximum Gasteiger partial charge on any atom is 0.379 e. The molecule has 3 aromatic rings. The van der Waals surface area contributed by atoms with Crippen LogP contribution in [0.4, 0.5) is 0 Å². The highest BCUT2D eigenvalue weighted by molar-refractivity contribution is 7.13. The van der Waals surface area contributed by atoms with Crippen LogP contribution >= 0.6 is 11.3 Å². The molecule has 1 aromatic carbocycles. The monoisotopic (exact) mass is 285 g/mol. The van der Waals surface area contributed by atoms with E-state index in [1.165, 1.54) is 18.4 Å². The number of aromatic amines is 1. The SMILES string of the molecule is COC(=O)C(=O)c1c(-c2cccs2)[nH]c2ccccc12. The molecule has 3 rings (SSSR count). The van der Waals surface area contributed by atoms with Gasteiger partial charge in [-0.2, -0.15) is 0 Å². The quantitative estimate of drug-likeness (QED) is 0.456. The molecule has 0 unspecified atom stereocenters. The number of aromatic nitrogens is 1. The summed E-state index contributed by atoms with van der Waals surface area (Å²) in [6, 6.07) is 11.2. The van der Waals surface area contributed by atoms with Crippen LogP contribution in [-0.2, 0) is 9.53 Å². The van der Waals surface area contributed by atoms with Gasteiger partial charge in [0, 0.05) is 10.9 Å². The molecule has 0 atom stereocenters. The van der Waals surface area contributed by atoms with Gasteiger partial charge < -0.3 is 9.72 Å². The highest BCUT2D eigenvalue weighted by Gasteiger charge is 2.25. The van der Waals surface area contributed by atoms with Crippen molar-refractivity contribution in [3.63, 3.8) is 0 Å². The van der Waals surface area contributed by atoms with E-state index >= 15 is 0 Å². The summed E-state index contributed by atoms with van der Waals surface area (Å²) in [7, 11) is 1.21. The zero-order chi connectivity index (χ0) is 14.1. The van der Waals surface area contributed by atoms with E-state index in [4.69, 9.17) is 0 Å². The molecule has 5 heteroatoms. The first-order chi connectivity index (χ1) is 9.72. The highest BCUT2D eigenvalue weighted by Crippen LogP contribution is 2.33. The Hall–Kier alpha value is -2.40. The molecule has 2 heterocycles. The Morgan fingerprint density at radius 3 is 2.65 bits per heavy atom. The Bertz CT molecular complexity index is 787. The topological polar surface area (TPSA) is 59.2 Å².